The number of benzene rings is 1. The van der Waals surface area contributed by atoms with Crippen LogP contribution < -0.4 is 21.2 Å². The van der Waals surface area contributed by atoms with Crippen LogP contribution in [0.2, 0.25) is 5.02 Å². The number of nitrogens with zero attached hydrogens (tertiary/aromatic N) is 5. The Balaban J connectivity index is 1.73. The molecule has 1 aliphatic heterocycles. The van der Waals surface area contributed by atoms with Crippen LogP contribution in [-0.4, -0.2) is 57.9 Å². The van der Waals surface area contributed by atoms with Gasteiger partial charge in [0.05, 0.1) is 39.8 Å². The Kier molecular flexibility index (Phi) is 9.72. The number of rotatable bonds is 11. The number of hydrazine groups is 2. The second kappa shape index (κ2) is 13.4. The second-order valence-corrected chi connectivity index (χ2v) is 13.2. The van der Waals surface area contributed by atoms with Crippen LogP contribution in [0.3, 0.4) is 0 Å². The second-order valence-electron chi connectivity index (χ2n) is 12.8. The summed E-state index contributed by atoms with van der Waals surface area (Å²) in [5.74, 6) is -0.747. The number of aliphatic hydroxyl groups excluding tert-OH is 1. The van der Waals surface area contributed by atoms with Crippen LogP contribution >= 0.6 is 11.6 Å². The first-order valence-corrected chi connectivity index (χ1v) is 15.4. The molecular weight excluding hydrogens is 637 g/mol. The lowest BCUT2D eigenvalue weighted by Crippen LogP contribution is -2.48. The summed E-state index contributed by atoms with van der Waals surface area (Å²) in [7, 11) is 0. The fourth-order valence-corrected chi connectivity index (χ4v) is 5.60. The number of halogens is 4. The van der Waals surface area contributed by atoms with E-state index in [4.69, 9.17) is 16.3 Å². The number of amides is 1. The van der Waals surface area contributed by atoms with E-state index in [1.165, 1.54) is 34.4 Å². The van der Waals surface area contributed by atoms with Gasteiger partial charge < -0.3 is 20.6 Å². The van der Waals surface area contributed by atoms with E-state index in [2.05, 4.69) is 32.3 Å². The molecule has 1 amide bonds. The highest BCUT2D eigenvalue weighted by Crippen LogP contribution is 2.48. The number of pyridine rings is 2. The molecule has 47 heavy (non-hydrogen) atoms. The number of hydrogen-bond donors (Lipinski definition) is 4. The van der Waals surface area contributed by atoms with Gasteiger partial charge >= 0.3 is 6.09 Å². The number of fused-ring (bicyclic) bond motifs is 1. The molecule has 5 rings (SSSR count). The maximum atomic E-state index is 14.3. The van der Waals surface area contributed by atoms with Crippen molar-refractivity contribution < 1.29 is 27.8 Å². The van der Waals surface area contributed by atoms with Crippen LogP contribution in [0.4, 0.5) is 29.3 Å². The van der Waals surface area contributed by atoms with E-state index in [1.807, 2.05) is 20.8 Å². The molecule has 2 aliphatic rings. The zero-order valence-electron chi connectivity index (χ0n) is 26.4. The van der Waals surface area contributed by atoms with E-state index in [-0.39, 0.29) is 65.6 Å². The Morgan fingerprint density at radius 1 is 1.32 bits per heavy atom. The molecule has 1 fully saturated rings. The molecule has 0 radical (unpaired) electrons. The molecule has 250 valence electrons. The molecule has 1 atom stereocenters. The number of alkyl halides is 2. The number of aromatic nitrogens is 2. The minimum absolute atomic E-state index is 0.135. The average Bonchev–Trinajstić information content (AvgIpc) is 3.69. The van der Waals surface area contributed by atoms with Crippen molar-refractivity contribution in [3.8, 4) is 6.07 Å². The summed E-state index contributed by atoms with van der Waals surface area (Å²) in [5, 5.41) is 24.5. The molecule has 15 heteroatoms. The quantitative estimate of drug-likeness (QED) is 0.140. The van der Waals surface area contributed by atoms with Gasteiger partial charge in [0.25, 0.3) is 6.43 Å². The predicted octanol–water partition coefficient (Wildman–Crippen LogP) is 6.09. The van der Waals surface area contributed by atoms with E-state index in [0.717, 1.165) is 6.07 Å². The monoisotopic (exact) mass is 672 g/mol. The highest BCUT2D eigenvalue weighted by molar-refractivity contribution is 6.36. The summed E-state index contributed by atoms with van der Waals surface area (Å²) in [6.45, 7) is 7.77. The zero-order valence-corrected chi connectivity index (χ0v) is 27.1. The van der Waals surface area contributed by atoms with Gasteiger partial charge in [-0.25, -0.2) is 18.6 Å². The maximum Gasteiger partial charge on any atom is 0.415 e. The highest BCUT2D eigenvalue weighted by Gasteiger charge is 2.57. The Hall–Kier alpha value is -4.32. The van der Waals surface area contributed by atoms with Crippen LogP contribution in [0.25, 0.3) is 10.9 Å². The lowest BCUT2D eigenvalue weighted by molar-refractivity contribution is 0.00911. The molecule has 0 spiro atoms. The SMILES string of the molecule is Cc1nc(F)ccc1[C@@H](C1=CN(C2(C(F)F)CC2)NN1)N(C(=O)OCCCO)c1cc(Cl)c2ncc(C#N)c(NCC(C)(C)C)c2c1. The molecule has 0 saturated heterocycles. The van der Waals surface area contributed by atoms with Crippen molar-refractivity contribution in [3.63, 3.8) is 0 Å². The number of anilines is 2. The molecule has 0 unspecified atom stereocenters. The third-order valence-corrected chi connectivity index (χ3v) is 8.29. The minimum atomic E-state index is -2.65. The van der Waals surface area contributed by atoms with Crippen molar-refractivity contribution >= 4 is 40.0 Å². The van der Waals surface area contributed by atoms with Gasteiger partial charge in [0.2, 0.25) is 5.95 Å². The number of nitrogens with one attached hydrogen (secondary N) is 3. The molecule has 1 aliphatic carbocycles. The van der Waals surface area contributed by atoms with Gasteiger partial charge in [0, 0.05) is 48.6 Å². The first-order valence-electron chi connectivity index (χ1n) is 15.1. The van der Waals surface area contributed by atoms with Crippen molar-refractivity contribution in [2.24, 2.45) is 5.41 Å². The van der Waals surface area contributed by atoms with Crippen molar-refractivity contribution in [1.82, 2.24) is 25.9 Å². The molecule has 1 saturated carbocycles. The number of aryl methyl sites for hydroxylation is 1. The summed E-state index contributed by atoms with van der Waals surface area (Å²) >= 11 is 6.80. The van der Waals surface area contributed by atoms with Crippen molar-refractivity contribution in [2.45, 2.75) is 65.0 Å². The Labute approximate surface area is 275 Å². The normalized spacial score (nSPS) is 16.0. The van der Waals surface area contributed by atoms with E-state index < -0.39 is 30.0 Å². The molecule has 1 aromatic carbocycles. The number of nitriles is 1. The molecular formula is C32H36ClF3N8O3. The van der Waals surface area contributed by atoms with Gasteiger partial charge in [-0.15, -0.1) is 5.53 Å². The van der Waals surface area contributed by atoms with Crippen molar-refractivity contribution in [3.05, 3.63) is 70.2 Å². The lowest BCUT2D eigenvalue weighted by Gasteiger charge is -2.33. The van der Waals surface area contributed by atoms with Crippen molar-refractivity contribution in [2.75, 3.05) is 30.0 Å². The summed E-state index contributed by atoms with van der Waals surface area (Å²) in [4.78, 5) is 23.7. The fraction of sp³-hybridized carbons (Fsp3) is 0.438. The van der Waals surface area contributed by atoms with Crippen LogP contribution in [-0.2, 0) is 4.74 Å². The minimum Gasteiger partial charge on any atom is -0.449 e. The van der Waals surface area contributed by atoms with Gasteiger partial charge in [-0.3, -0.25) is 14.9 Å². The largest absolute Gasteiger partial charge is 0.449 e. The summed E-state index contributed by atoms with van der Waals surface area (Å²) in [6.07, 6.45) is -0.00128. The maximum absolute atomic E-state index is 14.3. The first kappa shape index (κ1) is 34.0. The number of carbonyl (C=O) groups is 1. The third-order valence-electron chi connectivity index (χ3n) is 8.01. The number of hydrogen-bond acceptors (Lipinski definition) is 10. The molecule has 3 heterocycles. The zero-order chi connectivity index (χ0) is 34.1. The van der Waals surface area contributed by atoms with Gasteiger partial charge in [-0.1, -0.05) is 38.4 Å². The van der Waals surface area contributed by atoms with Crippen LogP contribution in [0.1, 0.15) is 62.9 Å². The third kappa shape index (κ3) is 7.02. The smallest absolute Gasteiger partial charge is 0.415 e. The Morgan fingerprint density at radius 2 is 2.06 bits per heavy atom. The van der Waals surface area contributed by atoms with Crippen molar-refractivity contribution in [1.29, 1.82) is 5.26 Å². The summed E-state index contributed by atoms with van der Waals surface area (Å²) < 4.78 is 48.0. The average molecular weight is 673 g/mol. The molecule has 0 bridgehead atoms. The van der Waals surface area contributed by atoms with Crippen LogP contribution in [0.15, 0.2) is 42.4 Å². The first-order chi connectivity index (χ1) is 22.3. The van der Waals surface area contributed by atoms with Gasteiger partial charge in [0.15, 0.2) is 0 Å². The number of carbonyl (C=O) groups excluding carboxylic acids is 1. The van der Waals surface area contributed by atoms with Gasteiger partial charge in [-0.2, -0.15) is 9.65 Å². The van der Waals surface area contributed by atoms with E-state index in [0.29, 0.717) is 28.7 Å². The topological polar surface area (TPSA) is 139 Å². The van der Waals surface area contributed by atoms with E-state index >= 15 is 0 Å². The predicted molar refractivity (Wildman–Crippen MR) is 171 cm³/mol. The molecule has 4 N–H and O–H groups in total. The highest BCUT2D eigenvalue weighted by atomic mass is 35.5. The fourth-order valence-electron chi connectivity index (χ4n) is 5.34. The Morgan fingerprint density at radius 3 is 2.68 bits per heavy atom. The summed E-state index contributed by atoms with van der Waals surface area (Å²) in [5.41, 5.74) is 6.26. The molecule has 11 nitrogen and oxygen atoms in total. The summed E-state index contributed by atoms with van der Waals surface area (Å²) in [6, 6.07) is 6.76. The number of aliphatic hydroxyl groups is 1. The van der Waals surface area contributed by atoms with Gasteiger partial charge in [-0.05, 0) is 43.4 Å². The van der Waals surface area contributed by atoms with Crippen LogP contribution in [0, 0.1) is 29.6 Å². The molecule has 3 aromatic rings. The van der Waals surface area contributed by atoms with Crippen LogP contribution in [0.5, 0.6) is 0 Å². The van der Waals surface area contributed by atoms with E-state index in [1.54, 1.807) is 13.0 Å². The standard InChI is InChI=1S/C32H36ClF3N8O3/c1-18-21(6-7-25(34)40-18)28(24-16-43(42-41-24)32(8-9-32)29(35)36)44(30(46)47-11-5-10-45)20-12-22-26(39-17-31(2,3)4)19(14-37)15-38-27(22)23(33)13-20/h6-7,12-13,15-16,28-29,41-42,45H,5,8-11,17H2,1-4H3,(H,38,39)/t28-/m0/s1. The Bertz CT molecular complexity index is 1740. The van der Waals surface area contributed by atoms with E-state index in [9.17, 15) is 28.3 Å². The lowest BCUT2D eigenvalue weighted by atomic mass is 9.96. The number of ether oxygens (including phenoxy) is 1. The van der Waals surface area contributed by atoms with Gasteiger partial charge in [0.1, 0.15) is 17.6 Å². The molecule has 2 aromatic heterocycles.